The van der Waals surface area contributed by atoms with E-state index in [0.717, 1.165) is 42.3 Å². The maximum absolute atomic E-state index is 12.5. The van der Waals surface area contributed by atoms with Gasteiger partial charge in [-0.1, -0.05) is 0 Å². The van der Waals surface area contributed by atoms with E-state index < -0.39 is 0 Å². The summed E-state index contributed by atoms with van der Waals surface area (Å²) < 4.78 is 5.46. The van der Waals surface area contributed by atoms with Gasteiger partial charge < -0.3 is 15.0 Å². The predicted octanol–water partition coefficient (Wildman–Crippen LogP) is 2.55. The Morgan fingerprint density at radius 2 is 2.08 bits per heavy atom. The molecule has 1 saturated carbocycles. The number of carbonyl (C=O) groups excluding carboxylic acids is 2. The topological polar surface area (TPSA) is 58.6 Å². The number of benzene rings is 1. The summed E-state index contributed by atoms with van der Waals surface area (Å²) in [6.45, 7) is 6.11. The third-order valence-electron chi connectivity index (χ3n) is 4.48. The molecular weight excluding hydrogens is 324 g/mol. The Morgan fingerprint density at radius 3 is 2.75 bits per heavy atom. The van der Waals surface area contributed by atoms with Crippen LogP contribution >= 0.6 is 11.8 Å². The smallest absolute Gasteiger partial charge is 0.253 e. The largest absolute Gasteiger partial charge is 0.378 e. The summed E-state index contributed by atoms with van der Waals surface area (Å²) in [4.78, 5) is 26.6. The van der Waals surface area contributed by atoms with Gasteiger partial charge in [0.25, 0.3) is 5.91 Å². The van der Waals surface area contributed by atoms with E-state index in [0.29, 0.717) is 12.2 Å². The molecule has 2 amide bonds. The highest BCUT2D eigenvalue weighted by Crippen LogP contribution is 2.35. The average Bonchev–Trinajstić information content (AvgIpc) is 3.36. The van der Waals surface area contributed by atoms with Gasteiger partial charge in [-0.2, -0.15) is 11.8 Å². The van der Waals surface area contributed by atoms with Crippen LogP contribution in [0.5, 0.6) is 0 Å². The number of rotatable bonds is 5. The van der Waals surface area contributed by atoms with Crippen LogP contribution in [0.15, 0.2) is 18.2 Å². The normalized spacial score (nSPS) is 23.0. The number of hydrogen-bond acceptors (Lipinski definition) is 4. The van der Waals surface area contributed by atoms with Crippen LogP contribution in [0, 0.1) is 12.8 Å². The number of ether oxygens (including phenoxy) is 1. The lowest BCUT2D eigenvalue weighted by molar-refractivity contribution is -0.118. The number of anilines is 1. The van der Waals surface area contributed by atoms with Crippen molar-refractivity contribution in [2.45, 2.75) is 26.4 Å². The first-order valence-electron chi connectivity index (χ1n) is 8.50. The molecule has 1 heterocycles. The van der Waals surface area contributed by atoms with Gasteiger partial charge in [0.15, 0.2) is 0 Å². The lowest BCUT2D eigenvalue weighted by Gasteiger charge is -2.26. The zero-order valence-corrected chi connectivity index (χ0v) is 15.0. The Hall–Kier alpha value is -1.53. The Labute approximate surface area is 147 Å². The van der Waals surface area contributed by atoms with Gasteiger partial charge in [-0.15, -0.1) is 0 Å². The van der Waals surface area contributed by atoms with Crippen molar-refractivity contribution in [3.05, 3.63) is 29.3 Å². The first kappa shape index (κ1) is 17.3. The van der Waals surface area contributed by atoms with E-state index >= 15 is 0 Å². The molecule has 0 bridgehead atoms. The minimum absolute atomic E-state index is 0.00341. The highest BCUT2D eigenvalue weighted by Gasteiger charge is 2.44. The van der Waals surface area contributed by atoms with Crippen LogP contribution in [0.25, 0.3) is 0 Å². The molecule has 5 nitrogen and oxygen atoms in total. The van der Waals surface area contributed by atoms with Crippen LogP contribution < -0.4 is 5.32 Å². The Morgan fingerprint density at radius 1 is 1.33 bits per heavy atom. The van der Waals surface area contributed by atoms with Crippen molar-refractivity contribution in [1.82, 2.24) is 4.90 Å². The number of hydrogen-bond donors (Lipinski definition) is 1. The summed E-state index contributed by atoms with van der Waals surface area (Å²) in [5.41, 5.74) is 2.37. The van der Waals surface area contributed by atoms with Gasteiger partial charge in [-0.05, 0) is 44.0 Å². The van der Waals surface area contributed by atoms with Crippen LogP contribution in [0.1, 0.15) is 29.3 Å². The molecule has 130 valence electrons. The van der Waals surface area contributed by atoms with Gasteiger partial charge in [0.2, 0.25) is 5.91 Å². The molecule has 2 aliphatic rings. The number of thioether (sulfide) groups is 1. The highest BCUT2D eigenvalue weighted by atomic mass is 32.2. The van der Waals surface area contributed by atoms with E-state index in [-0.39, 0.29) is 23.8 Å². The fraction of sp³-hybridized carbons (Fsp3) is 0.556. The molecule has 1 aliphatic heterocycles. The van der Waals surface area contributed by atoms with Gasteiger partial charge in [0.1, 0.15) is 0 Å². The van der Waals surface area contributed by atoms with Crippen molar-refractivity contribution in [3.8, 4) is 0 Å². The molecule has 2 fully saturated rings. The van der Waals surface area contributed by atoms with Gasteiger partial charge in [0.05, 0.1) is 12.0 Å². The molecule has 6 heteroatoms. The second kappa shape index (κ2) is 7.57. The van der Waals surface area contributed by atoms with E-state index in [1.807, 2.05) is 42.6 Å². The van der Waals surface area contributed by atoms with Crippen LogP contribution in [0.2, 0.25) is 0 Å². The number of nitrogens with one attached hydrogen (secondary N) is 1. The Kier molecular flexibility index (Phi) is 5.46. The van der Waals surface area contributed by atoms with Gasteiger partial charge in [0, 0.05) is 42.5 Å². The summed E-state index contributed by atoms with van der Waals surface area (Å²) in [6, 6.07) is 5.50. The minimum atomic E-state index is -0.0449. The highest BCUT2D eigenvalue weighted by molar-refractivity contribution is 7.99. The van der Waals surface area contributed by atoms with E-state index in [2.05, 4.69) is 5.32 Å². The zero-order valence-electron chi connectivity index (χ0n) is 14.2. The second-order valence-electron chi connectivity index (χ2n) is 6.26. The van der Waals surface area contributed by atoms with E-state index in [1.165, 1.54) is 0 Å². The molecule has 0 aromatic heterocycles. The van der Waals surface area contributed by atoms with E-state index in [9.17, 15) is 9.59 Å². The SMILES string of the molecule is CCOC1CC1C(=O)Nc1ccc(C(=O)N2CCSCC2)cc1C. The minimum Gasteiger partial charge on any atom is -0.378 e. The summed E-state index contributed by atoms with van der Waals surface area (Å²) in [7, 11) is 0. The van der Waals surface area contributed by atoms with Crippen LogP contribution in [0.3, 0.4) is 0 Å². The summed E-state index contributed by atoms with van der Waals surface area (Å²) >= 11 is 1.88. The summed E-state index contributed by atoms with van der Waals surface area (Å²) in [6.07, 6.45) is 0.857. The van der Waals surface area contributed by atoms with E-state index in [4.69, 9.17) is 4.74 Å². The Balaban J connectivity index is 1.62. The summed E-state index contributed by atoms with van der Waals surface area (Å²) in [5.74, 6) is 2.04. The van der Waals surface area contributed by atoms with Crippen molar-refractivity contribution < 1.29 is 14.3 Å². The van der Waals surface area contributed by atoms with Gasteiger partial charge in [-0.25, -0.2) is 0 Å². The lowest BCUT2D eigenvalue weighted by Crippen LogP contribution is -2.37. The molecule has 0 spiro atoms. The molecule has 1 saturated heterocycles. The molecule has 2 atom stereocenters. The number of aryl methyl sites for hydroxylation is 1. The number of nitrogens with zero attached hydrogens (tertiary/aromatic N) is 1. The molecule has 24 heavy (non-hydrogen) atoms. The molecule has 1 N–H and O–H groups in total. The van der Waals surface area contributed by atoms with Crippen molar-refractivity contribution in [2.24, 2.45) is 5.92 Å². The van der Waals surface area contributed by atoms with Gasteiger partial charge in [-0.3, -0.25) is 9.59 Å². The fourth-order valence-electron chi connectivity index (χ4n) is 2.96. The maximum Gasteiger partial charge on any atom is 0.253 e. The molecular formula is C18H24N2O3S. The first-order chi connectivity index (χ1) is 11.6. The molecule has 3 rings (SSSR count). The molecule has 0 radical (unpaired) electrons. The number of amides is 2. The van der Waals surface area contributed by atoms with Crippen molar-refractivity contribution in [2.75, 3.05) is 36.5 Å². The van der Waals surface area contributed by atoms with Crippen LogP contribution in [-0.4, -0.2) is 54.0 Å². The monoisotopic (exact) mass is 348 g/mol. The van der Waals surface area contributed by atoms with Crippen LogP contribution in [-0.2, 0) is 9.53 Å². The molecule has 1 aromatic rings. The predicted molar refractivity (Wildman–Crippen MR) is 96.6 cm³/mol. The first-order valence-corrected chi connectivity index (χ1v) is 9.65. The summed E-state index contributed by atoms with van der Waals surface area (Å²) in [5, 5.41) is 2.96. The van der Waals surface area contributed by atoms with Crippen molar-refractivity contribution >= 4 is 29.3 Å². The van der Waals surface area contributed by atoms with Crippen LogP contribution in [0.4, 0.5) is 5.69 Å². The van der Waals surface area contributed by atoms with E-state index in [1.54, 1.807) is 6.07 Å². The average molecular weight is 348 g/mol. The maximum atomic E-state index is 12.5. The quantitative estimate of drug-likeness (QED) is 0.888. The van der Waals surface area contributed by atoms with Gasteiger partial charge >= 0.3 is 0 Å². The van der Waals surface area contributed by atoms with Crippen molar-refractivity contribution in [3.63, 3.8) is 0 Å². The number of carbonyl (C=O) groups is 2. The van der Waals surface area contributed by atoms with Crippen molar-refractivity contribution in [1.29, 1.82) is 0 Å². The Bertz CT molecular complexity index is 629. The third-order valence-corrected chi connectivity index (χ3v) is 5.42. The molecule has 1 aromatic carbocycles. The lowest BCUT2D eigenvalue weighted by atomic mass is 10.1. The standard InChI is InChI=1S/C18H24N2O3S/c1-3-23-16-11-14(16)17(21)19-15-5-4-13(10-12(15)2)18(22)20-6-8-24-9-7-20/h4-5,10,14,16H,3,6-9,11H2,1-2H3,(H,19,21). The molecule has 2 unspecified atom stereocenters. The fourth-order valence-corrected chi connectivity index (χ4v) is 3.86. The molecule has 1 aliphatic carbocycles. The second-order valence-corrected chi connectivity index (χ2v) is 7.48. The zero-order chi connectivity index (χ0) is 17.1. The third kappa shape index (κ3) is 3.92.